The highest BCUT2D eigenvalue weighted by molar-refractivity contribution is 5.84. The number of amides is 2. The average Bonchev–Trinajstić information content (AvgIpc) is 3.17. The number of rotatable bonds is 6. The van der Waals surface area contributed by atoms with Crippen molar-refractivity contribution in [1.29, 1.82) is 0 Å². The minimum atomic E-state index is -0.382. The maximum Gasteiger partial charge on any atom is 0.230 e. The molecule has 1 aromatic rings. The Morgan fingerprint density at radius 1 is 1.11 bits per heavy atom. The molecule has 1 heterocycles. The molecule has 1 aliphatic heterocycles. The van der Waals surface area contributed by atoms with Crippen molar-refractivity contribution in [2.45, 2.75) is 45.1 Å². The van der Waals surface area contributed by atoms with Gasteiger partial charge in [0.15, 0.2) is 0 Å². The lowest BCUT2D eigenvalue weighted by Crippen LogP contribution is -2.48. The summed E-state index contributed by atoms with van der Waals surface area (Å²) in [4.78, 5) is 29.4. The minimum absolute atomic E-state index is 0.0740. The summed E-state index contributed by atoms with van der Waals surface area (Å²) in [5.74, 6) is 0.370. The van der Waals surface area contributed by atoms with Gasteiger partial charge in [-0.1, -0.05) is 43.2 Å². The van der Waals surface area contributed by atoms with Gasteiger partial charge in [0.25, 0.3) is 0 Å². The van der Waals surface area contributed by atoms with Crippen molar-refractivity contribution in [3.05, 3.63) is 35.9 Å². The summed E-state index contributed by atoms with van der Waals surface area (Å²) >= 11 is 0. The van der Waals surface area contributed by atoms with Gasteiger partial charge in [0.1, 0.15) is 0 Å². The maximum atomic E-state index is 12.7. The third kappa shape index (κ3) is 4.89. The fourth-order valence-corrected chi connectivity index (χ4v) is 4.59. The molecule has 0 aromatic heterocycles. The van der Waals surface area contributed by atoms with Gasteiger partial charge < -0.3 is 10.2 Å². The first-order chi connectivity index (χ1) is 13.0. The van der Waals surface area contributed by atoms with Gasteiger partial charge >= 0.3 is 0 Å². The lowest BCUT2D eigenvalue weighted by Gasteiger charge is -2.33. The Balaban J connectivity index is 1.47. The number of carbonyl (C=O) groups is 2. The summed E-state index contributed by atoms with van der Waals surface area (Å²) in [5.41, 5.74) is 0.943. The highest BCUT2D eigenvalue weighted by Crippen LogP contribution is 2.39. The Hall–Kier alpha value is -1.88. The number of carbonyl (C=O) groups excluding carboxylic acids is 2. The van der Waals surface area contributed by atoms with Crippen molar-refractivity contribution < 1.29 is 9.59 Å². The van der Waals surface area contributed by atoms with E-state index in [1.54, 1.807) is 4.90 Å². The molecule has 0 unspecified atom stereocenters. The van der Waals surface area contributed by atoms with E-state index in [0.29, 0.717) is 6.54 Å². The van der Waals surface area contributed by atoms with Crippen molar-refractivity contribution in [2.24, 2.45) is 11.3 Å². The van der Waals surface area contributed by atoms with Gasteiger partial charge in [0.2, 0.25) is 11.8 Å². The first-order valence-corrected chi connectivity index (χ1v) is 10.3. The van der Waals surface area contributed by atoms with E-state index in [1.807, 2.05) is 20.2 Å². The molecule has 5 nitrogen and oxygen atoms in total. The van der Waals surface area contributed by atoms with Crippen LogP contribution < -0.4 is 5.32 Å². The number of piperidine rings is 1. The molecule has 0 radical (unpaired) electrons. The first kappa shape index (κ1) is 19.9. The Morgan fingerprint density at radius 3 is 2.33 bits per heavy atom. The maximum absolute atomic E-state index is 12.7. The second-order valence-electron chi connectivity index (χ2n) is 8.44. The molecule has 1 saturated carbocycles. The minimum Gasteiger partial charge on any atom is -0.355 e. The SMILES string of the molecule is CN(C)C(=O)C1(CNC(=O)C2CCN(Cc3ccccc3)CC2)CCCC1. The van der Waals surface area contributed by atoms with Gasteiger partial charge in [-0.2, -0.15) is 0 Å². The van der Waals surface area contributed by atoms with E-state index >= 15 is 0 Å². The van der Waals surface area contributed by atoms with Crippen molar-refractivity contribution in [2.75, 3.05) is 33.7 Å². The molecule has 2 amide bonds. The fourth-order valence-electron chi connectivity index (χ4n) is 4.59. The van der Waals surface area contributed by atoms with Crippen LogP contribution in [0.1, 0.15) is 44.1 Å². The third-order valence-electron chi connectivity index (χ3n) is 6.23. The quantitative estimate of drug-likeness (QED) is 0.836. The largest absolute Gasteiger partial charge is 0.355 e. The van der Waals surface area contributed by atoms with Crippen LogP contribution >= 0.6 is 0 Å². The van der Waals surface area contributed by atoms with Crippen LogP contribution in [-0.2, 0) is 16.1 Å². The van der Waals surface area contributed by atoms with Crippen LogP contribution in [0.2, 0.25) is 0 Å². The van der Waals surface area contributed by atoms with E-state index in [9.17, 15) is 9.59 Å². The van der Waals surface area contributed by atoms with Crippen molar-refractivity contribution >= 4 is 11.8 Å². The fraction of sp³-hybridized carbons (Fsp3) is 0.636. The Bertz CT molecular complexity index is 630. The molecule has 27 heavy (non-hydrogen) atoms. The zero-order valence-corrected chi connectivity index (χ0v) is 16.7. The predicted octanol–water partition coefficient (Wildman–Crippen LogP) is 2.66. The first-order valence-electron chi connectivity index (χ1n) is 10.3. The van der Waals surface area contributed by atoms with Crippen LogP contribution in [0.4, 0.5) is 0 Å². The standard InChI is InChI=1S/C22H33N3O2/c1-24(2)21(27)22(12-6-7-13-22)17-23-20(26)19-10-14-25(15-11-19)16-18-8-4-3-5-9-18/h3-5,8-9,19H,6-7,10-17H2,1-2H3,(H,23,26). The molecule has 3 rings (SSSR count). The van der Waals surface area contributed by atoms with E-state index in [1.165, 1.54) is 5.56 Å². The Labute approximate surface area is 163 Å². The summed E-state index contributed by atoms with van der Waals surface area (Å²) < 4.78 is 0. The number of nitrogens with zero attached hydrogens (tertiary/aromatic N) is 2. The van der Waals surface area contributed by atoms with Gasteiger partial charge in [0.05, 0.1) is 5.41 Å². The van der Waals surface area contributed by atoms with Gasteiger partial charge in [0, 0.05) is 33.1 Å². The van der Waals surface area contributed by atoms with Crippen molar-refractivity contribution in [3.8, 4) is 0 Å². The zero-order chi connectivity index (χ0) is 19.3. The van der Waals surface area contributed by atoms with Gasteiger partial charge in [-0.3, -0.25) is 14.5 Å². The molecule has 1 aromatic carbocycles. The molecule has 5 heteroatoms. The molecule has 0 bridgehead atoms. The lowest BCUT2D eigenvalue weighted by molar-refractivity contribution is -0.139. The summed E-state index contributed by atoms with van der Waals surface area (Å²) in [7, 11) is 3.62. The van der Waals surface area contributed by atoms with Crippen LogP contribution in [0.15, 0.2) is 30.3 Å². The average molecular weight is 372 g/mol. The highest BCUT2D eigenvalue weighted by atomic mass is 16.2. The Morgan fingerprint density at radius 2 is 1.74 bits per heavy atom. The molecule has 0 atom stereocenters. The summed E-state index contributed by atoms with van der Waals surface area (Å²) in [6.07, 6.45) is 5.72. The molecule has 0 spiro atoms. The molecule has 2 aliphatic rings. The van der Waals surface area contributed by atoms with Crippen LogP contribution in [0.5, 0.6) is 0 Å². The van der Waals surface area contributed by atoms with Crippen LogP contribution in [0.3, 0.4) is 0 Å². The van der Waals surface area contributed by atoms with Crippen LogP contribution in [-0.4, -0.2) is 55.3 Å². The van der Waals surface area contributed by atoms with E-state index in [2.05, 4.69) is 34.5 Å². The van der Waals surface area contributed by atoms with E-state index in [0.717, 1.165) is 58.2 Å². The summed E-state index contributed by atoms with van der Waals surface area (Å²) in [5, 5.41) is 3.13. The second-order valence-corrected chi connectivity index (χ2v) is 8.44. The number of benzene rings is 1. The Kier molecular flexibility index (Phi) is 6.53. The van der Waals surface area contributed by atoms with E-state index in [4.69, 9.17) is 0 Å². The topological polar surface area (TPSA) is 52.7 Å². The van der Waals surface area contributed by atoms with Crippen molar-refractivity contribution in [3.63, 3.8) is 0 Å². The smallest absolute Gasteiger partial charge is 0.230 e. The van der Waals surface area contributed by atoms with Crippen molar-refractivity contribution in [1.82, 2.24) is 15.1 Å². The third-order valence-corrected chi connectivity index (χ3v) is 6.23. The molecule has 2 fully saturated rings. The second kappa shape index (κ2) is 8.87. The molecule has 1 N–H and O–H groups in total. The lowest BCUT2D eigenvalue weighted by atomic mass is 9.84. The summed E-state index contributed by atoms with van der Waals surface area (Å²) in [6, 6.07) is 10.5. The summed E-state index contributed by atoms with van der Waals surface area (Å²) in [6.45, 7) is 3.35. The molecule has 1 saturated heterocycles. The molecular weight excluding hydrogens is 338 g/mol. The van der Waals surface area contributed by atoms with Crippen LogP contribution in [0, 0.1) is 11.3 Å². The normalized spacial score (nSPS) is 20.4. The molecular formula is C22H33N3O2. The van der Waals surface area contributed by atoms with E-state index < -0.39 is 0 Å². The number of hydrogen-bond donors (Lipinski definition) is 1. The number of nitrogens with one attached hydrogen (secondary N) is 1. The van der Waals surface area contributed by atoms with Gasteiger partial charge in [-0.05, 0) is 44.3 Å². The molecule has 148 valence electrons. The van der Waals surface area contributed by atoms with Gasteiger partial charge in [-0.15, -0.1) is 0 Å². The van der Waals surface area contributed by atoms with E-state index in [-0.39, 0.29) is 23.1 Å². The zero-order valence-electron chi connectivity index (χ0n) is 16.7. The number of likely N-dealkylation sites (tertiary alicyclic amines) is 1. The van der Waals surface area contributed by atoms with Gasteiger partial charge in [-0.25, -0.2) is 0 Å². The number of hydrogen-bond acceptors (Lipinski definition) is 3. The van der Waals surface area contributed by atoms with Crippen LogP contribution in [0.25, 0.3) is 0 Å². The monoisotopic (exact) mass is 371 g/mol. The molecule has 1 aliphatic carbocycles. The highest BCUT2D eigenvalue weighted by Gasteiger charge is 2.42. The predicted molar refractivity (Wildman–Crippen MR) is 107 cm³/mol.